The number of aromatic nitrogens is 2. The number of hydrogen-bond donors (Lipinski definition) is 1. The van der Waals surface area contributed by atoms with Crippen LogP contribution >= 0.6 is 0 Å². The molecule has 1 amide bonds. The summed E-state index contributed by atoms with van der Waals surface area (Å²) in [5.41, 5.74) is 0.746. The van der Waals surface area contributed by atoms with Crippen LogP contribution in [0.1, 0.15) is 43.1 Å². The van der Waals surface area contributed by atoms with Crippen molar-refractivity contribution in [3.8, 4) is 0 Å². The molecule has 3 rings (SSSR count). The quantitative estimate of drug-likeness (QED) is 0.880. The number of ether oxygens (including phenoxy) is 1. The highest BCUT2D eigenvalue weighted by molar-refractivity contribution is 5.81. The molecule has 6 heteroatoms. The Labute approximate surface area is 123 Å². The van der Waals surface area contributed by atoms with Crippen LogP contribution in [0.25, 0.3) is 0 Å². The van der Waals surface area contributed by atoms with Crippen LogP contribution in [-0.2, 0) is 9.53 Å². The van der Waals surface area contributed by atoms with E-state index in [0.29, 0.717) is 12.4 Å². The molecule has 1 atom stereocenters. The van der Waals surface area contributed by atoms with Gasteiger partial charge < -0.3 is 14.6 Å². The standard InChI is InChI=1S/C15H21N3O3/c1-10-16-12(9-14(19)17-10)11-4-6-18(7-5-11)15(20)13-3-2-8-21-13/h9,11,13H,2-8H2,1H3,(H,16,17,19)/t13-/m0/s1. The summed E-state index contributed by atoms with van der Waals surface area (Å²) in [7, 11) is 0. The molecule has 114 valence electrons. The lowest BCUT2D eigenvalue weighted by atomic mass is 9.93. The van der Waals surface area contributed by atoms with Gasteiger partial charge in [-0.1, -0.05) is 0 Å². The number of hydrogen-bond acceptors (Lipinski definition) is 4. The number of H-pyrrole nitrogens is 1. The molecule has 2 aliphatic heterocycles. The predicted molar refractivity (Wildman–Crippen MR) is 77.1 cm³/mol. The third-order valence-corrected chi connectivity index (χ3v) is 4.31. The van der Waals surface area contributed by atoms with E-state index in [1.54, 1.807) is 13.0 Å². The van der Waals surface area contributed by atoms with Crippen molar-refractivity contribution < 1.29 is 9.53 Å². The van der Waals surface area contributed by atoms with Gasteiger partial charge in [0, 0.05) is 31.7 Å². The smallest absolute Gasteiger partial charge is 0.251 e. The van der Waals surface area contributed by atoms with E-state index in [4.69, 9.17) is 4.74 Å². The van der Waals surface area contributed by atoms with E-state index >= 15 is 0 Å². The Bertz CT molecular complexity index is 570. The van der Waals surface area contributed by atoms with Gasteiger partial charge in [0.25, 0.3) is 11.5 Å². The fourth-order valence-corrected chi connectivity index (χ4v) is 3.18. The Balaban J connectivity index is 1.62. The second kappa shape index (κ2) is 5.97. The first-order valence-corrected chi connectivity index (χ1v) is 7.62. The van der Waals surface area contributed by atoms with Crippen molar-refractivity contribution in [1.82, 2.24) is 14.9 Å². The van der Waals surface area contributed by atoms with Crippen molar-refractivity contribution in [2.24, 2.45) is 0 Å². The van der Waals surface area contributed by atoms with Crippen molar-refractivity contribution in [2.75, 3.05) is 19.7 Å². The first-order valence-electron chi connectivity index (χ1n) is 7.62. The average molecular weight is 291 g/mol. The average Bonchev–Trinajstić information content (AvgIpc) is 3.00. The normalized spacial score (nSPS) is 23.5. The zero-order chi connectivity index (χ0) is 14.8. The number of amides is 1. The highest BCUT2D eigenvalue weighted by Crippen LogP contribution is 2.27. The van der Waals surface area contributed by atoms with Gasteiger partial charge in [0.1, 0.15) is 11.9 Å². The first-order chi connectivity index (χ1) is 10.1. The lowest BCUT2D eigenvalue weighted by Crippen LogP contribution is -2.43. The van der Waals surface area contributed by atoms with Crippen LogP contribution in [0.2, 0.25) is 0 Å². The zero-order valence-electron chi connectivity index (χ0n) is 12.3. The van der Waals surface area contributed by atoms with Crippen LogP contribution in [0.3, 0.4) is 0 Å². The SMILES string of the molecule is Cc1nc(C2CCN(C(=O)[C@@H]3CCCO3)CC2)cc(=O)[nH]1. The zero-order valence-corrected chi connectivity index (χ0v) is 12.3. The Morgan fingerprint density at radius 3 is 2.76 bits per heavy atom. The van der Waals surface area contributed by atoms with Crippen LogP contribution in [0.5, 0.6) is 0 Å². The third kappa shape index (κ3) is 3.15. The first kappa shape index (κ1) is 14.3. The lowest BCUT2D eigenvalue weighted by molar-refractivity contribution is -0.142. The van der Waals surface area contributed by atoms with Crippen molar-refractivity contribution >= 4 is 5.91 Å². The highest BCUT2D eigenvalue weighted by atomic mass is 16.5. The molecule has 1 aromatic rings. The van der Waals surface area contributed by atoms with Crippen LogP contribution in [0.4, 0.5) is 0 Å². The van der Waals surface area contributed by atoms with E-state index in [0.717, 1.165) is 44.5 Å². The van der Waals surface area contributed by atoms with Crippen LogP contribution in [0, 0.1) is 6.92 Å². The van der Waals surface area contributed by atoms with Crippen molar-refractivity contribution in [1.29, 1.82) is 0 Å². The summed E-state index contributed by atoms with van der Waals surface area (Å²) in [5.74, 6) is 1.04. The van der Waals surface area contributed by atoms with Gasteiger partial charge in [-0.3, -0.25) is 9.59 Å². The maximum absolute atomic E-state index is 12.3. The minimum Gasteiger partial charge on any atom is -0.368 e. The number of carbonyl (C=O) groups is 1. The van der Waals surface area contributed by atoms with E-state index in [1.807, 2.05) is 4.90 Å². The van der Waals surface area contributed by atoms with E-state index in [2.05, 4.69) is 9.97 Å². The fraction of sp³-hybridized carbons (Fsp3) is 0.667. The molecule has 3 heterocycles. The summed E-state index contributed by atoms with van der Waals surface area (Å²) in [6, 6.07) is 1.58. The second-order valence-corrected chi connectivity index (χ2v) is 5.86. The molecule has 1 aromatic heterocycles. The van der Waals surface area contributed by atoms with Gasteiger partial charge in [0.05, 0.1) is 5.69 Å². The number of nitrogens with zero attached hydrogens (tertiary/aromatic N) is 2. The molecular weight excluding hydrogens is 270 g/mol. The molecule has 0 radical (unpaired) electrons. The Kier molecular flexibility index (Phi) is 4.05. The van der Waals surface area contributed by atoms with E-state index in [1.165, 1.54) is 0 Å². The molecule has 0 unspecified atom stereocenters. The summed E-state index contributed by atoms with van der Waals surface area (Å²) < 4.78 is 5.46. The summed E-state index contributed by atoms with van der Waals surface area (Å²) in [4.78, 5) is 32.8. The second-order valence-electron chi connectivity index (χ2n) is 5.86. The summed E-state index contributed by atoms with van der Waals surface area (Å²) >= 11 is 0. The number of aryl methyl sites for hydroxylation is 1. The highest BCUT2D eigenvalue weighted by Gasteiger charge is 2.31. The Morgan fingerprint density at radius 1 is 1.38 bits per heavy atom. The molecule has 6 nitrogen and oxygen atoms in total. The molecular formula is C15H21N3O3. The summed E-state index contributed by atoms with van der Waals surface area (Å²) in [5, 5.41) is 0. The monoisotopic (exact) mass is 291 g/mol. The van der Waals surface area contributed by atoms with Gasteiger partial charge in [-0.05, 0) is 32.6 Å². The van der Waals surface area contributed by atoms with Gasteiger partial charge >= 0.3 is 0 Å². The largest absolute Gasteiger partial charge is 0.368 e. The van der Waals surface area contributed by atoms with Crippen LogP contribution in [-0.4, -0.2) is 46.6 Å². The van der Waals surface area contributed by atoms with Gasteiger partial charge in [-0.25, -0.2) is 4.98 Å². The Morgan fingerprint density at radius 2 is 2.14 bits per heavy atom. The lowest BCUT2D eigenvalue weighted by Gasteiger charge is -2.33. The number of piperidine rings is 1. The molecule has 0 aromatic carbocycles. The van der Waals surface area contributed by atoms with Crippen molar-refractivity contribution in [3.63, 3.8) is 0 Å². The van der Waals surface area contributed by atoms with Crippen LogP contribution < -0.4 is 5.56 Å². The molecule has 0 saturated carbocycles. The molecule has 21 heavy (non-hydrogen) atoms. The van der Waals surface area contributed by atoms with E-state index in [9.17, 15) is 9.59 Å². The molecule has 0 spiro atoms. The number of nitrogens with one attached hydrogen (secondary N) is 1. The maximum Gasteiger partial charge on any atom is 0.251 e. The van der Waals surface area contributed by atoms with Gasteiger partial charge in [-0.15, -0.1) is 0 Å². The Hall–Kier alpha value is -1.69. The summed E-state index contributed by atoms with van der Waals surface area (Å²) in [6.45, 7) is 3.93. The van der Waals surface area contributed by atoms with Gasteiger partial charge in [-0.2, -0.15) is 0 Å². The fourth-order valence-electron chi connectivity index (χ4n) is 3.18. The van der Waals surface area contributed by atoms with E-state index in [-0.39, 0.29) is 23.5 Å². The van der Waals surface area contributed by atoms with Gasteiger partial charge in [0.2, 0.25) is 0 Å². The third-order valence-electron chi connectivity index (χ3n) is 4.31. The minimum absolute atomic E-state index is 0.102. The minimum atomic E-state index is -0.235. The molecule has 1 N–H and O–H groups in total. The number of rotatable bonds is 2. The number of aromatic amines is 1. The molecule has 2 saturated heterocycles. The topological polar surface area (TPSA) is 75.3 Å². The number of likely N-dealkylation sites (tertiary alicyclic amines) is 1. The molecule has 0 bridgehead atoms. The van der Waals surface area contributed by atoms with Crippen LogP contribution in [0.15, 0.2) is 10.9 Å². The van der Waals surface area contributed by atoms with Crippen molar-refractivity contribution in [2.45, 2.75) is 44.6 Å². The summed E-state index contributed by atoms with van der Waals surface area (Å²) in [6.07, 6.45) is 3.29. The maximum atomic E-state index is 12.3. The van der Waals surface area contributed by atoms with E-state index < -0.39 is 0 Å². The molecule has 2 aliphatic rings. The predicted octanol–water partition coefficient (Wildman–Crippen LogP) is 0.963. The molecule has 0 aliphatic carbocycles. The molecule has 2 fully saturated rings. The number of carbonyl (C=O) groups excluding carboxylic acids is 1. The van der Waals surface area contributed by atoms with Gasteiger partial charge in [0.15, 0.2) is 0 Å². The van der Waals surface area contributed by atoms with Crippen molar-refractivity contribution in [3.05, 3.63) is 27.9 Å².